The number of anilines is 2. The van der Waals surface area contributed by atoms with Gasteiger partial charge in [0.2, 0.25) is 5.88 Å². The summed E-state index contributed by atoms with van der Waals surface area (Å²) in [6, 6.07) is 0.296. The third kappa shape index (κ3) is 3.30. The van der Waals surface area contributed by atoms with Crippen LogP contribution >= 0.6 is 0 Å². The Bertz CT molecular complexity index is 426. The summed E-state index contributed by atoms with van der Waals surface area (Å²) in [6.07, 6.45) is 6.53. The Morgan fingerprint density at radius 2 is 2.30 bits per heavy atom. The van der Waals surface area contributed by atoms with Crippen LogP contribution in [0.3, 0.4) is 0 Å². The van der Waals surface area contributed by atoms with Gasteiger partial charge in [0.1, 0.15) is 12.0 Å². The van der Waals surface area contributed by atoms with Gasteiger partial charge in [0.25, 0.3) is 0 Å². The van der Waals surface area contributed by atoms with Crippen molar-refractivity contribution in [3.05, 3.63) is 6.33 Å². The van der Waals surface area contributed by atoms with E-state index in [9.17, 15) is 5.11 Å². The molecule has 1 aromatic heterocycles. The molecule has 1 aromatic rings. The van der Waals surface area contributed by atoms with E-state index in [1.54, 1.807) is 0 Å². The summed E-state index contributed by atoms with van der Waals surface area (Å²) in [5.74, 6) is 1.20. The van der Waals surface area contributed by atoms with Gasteiger partial charge < -0.3 is 20.5 Å². The number of nitrogens with zero attached hydrogens (tertiary/aromatic N) is 3. The Morgan fingerprint density at radius 1 is 1.45 bits per heavy atom. The van der Waals surface area contributed by atoms with Crippen LogP contribution in [0.5, 0.6) is 5.88 Å². The zero-order valence-electron chi connectivity index (χ0n) is 12.1. The number of nitrogen functional groups attached to an aromatic ring is 1. The molecule has 1 saturated heterocycles. The van der Waals surface area contributed by atoms with Crippen molar-refractivity contribution in [2.75, 3.05) is 30.4 Å². The summed E-state index contributed by atoms with van der Waals surface area (Å²) in [7, 11) is 0. The lowest BCUT2D eigenvalue weighted by molar-refractivity contribution is 0.262. The molecule has 2 heterocycles. The number of ether oxygens (including phenoxy) is 1. The van der Waals surface area contributed by atoms with Gasteiger partial charge in [0.05, 0.1) is 6.61 Å². The summed E-state index contributed by atoms with van der Waals surface area (Å²) < 4.78 is 5.56. The van der Waals surface area contributed by atoms with Crippen LogP contribution in [-0.4, -0.2) is 40.9 Å². The quantitative estimate of drug-likeness (QED) is 0.823. The third-order valence-corrected chi connectivity index (χ3v) is 3.63. The lowest BCUT2D eigenvalue weighted by Crippen LogP contribution is -2.41. The maximum absolute atomic E-state index is 9.21. The van der Waals surface area contributed by atoms with Crippen LogP contribution in [0, 0.1) is 0 Å². The molecule has 1 aliphatic heterocycles. The van der Waals surface area contributed by atoms with E-state index in [4.69, 9.17) is 10.5 Å². The molecule has 2 rings (SSSR count). The van der Waals surface area contributed by atoms with Gasteiger partial charge in [-0.3, -0.25) is 0 Å². The second-order valence-corrected chi connectivity index (χ2v) is 5.12. The van der Waals surface area contributed by atoms with Crippen molar-refractivity contribution in [2.45, 2.75) is 45.1 Å². The fraction of sp³-hybridized carbons (Fsp3) is 0.714. The number of hydrogen-bond acceptors (Lipinski definition) is 6. The maximum atomic E-state index is 9.21. The van der Waals surface area contributed by atoms with Crippen LogP contribution in [0.1, 0.15) is 39.0 Å². The van der Waals surface area contributed by atoms with Crippen LogP contribution in [0.25, 0.3) is 0 Å². The number of aliphatic hydroxyl groups excluding tert-OH is 1. The zero-order chi connectivity index (χ0) is 14.4. The molecule has 0 aliphatic carbocycles. The van der Waals surface area contributed by atoms with Crippen LogP contribution in [-0.2, 0) is 0 Å². The second kappa shape index (κ2) is 7.28. The summed E-state index contributed by atoms with van der Waals surface area (Å²) in [6.45, 7) is 3.74. The van der Waals surface area contributed by atoms with Gasteiger partial charge in [0, 0.05) is 19.2 Å². The predicted octanol–water partition coefficient (Wildman–Crippen LogP) is 1.59. The Hall–Kier alpha value is -1.56. The number of hydrogen-bond donors (Lipinski definition) is 2. The minimum Gasteiger partial charge on any atom is -0.476 e. The van der Waals surface area contributed by atoms with Crippen LogP contribution in [0.15, 0.2) is 6.33 Å². The van der Waals surface area contributed by atoms with Crippen molar-refractivity contribution in [3.8, 4) is 5.88 Å². The van der Waals surface area contributed by atoms with Crippen LogP contribution in [0.4, 0.5) is 11.5 Å². The molecule has 6 nitrogen and oxygen atoms in total. The van der Waals surface area contributed by atoms with E-state index in [-0.39, 0.29) is 6.61 Å². The van der Waals surface area contributed by atoms with Crippen LogP contribution < -0.4 is 15.4 Å². The van der Waals surface area contributed by atoms with Gasteiger partial charge in [-0.15, -0.1) is 0 Å². The van der Waals surface area contributed by atoms with E-state index in [0.717, 1.165) is 38.0 Å². The van der Waals surface area contributed by atoms with E-state index < -0.39 is 0 Å². The summed E-state index contributed by atoms with van der Waals surface area (Å²) in [4.78, 5) is 10.6. The fourth-order valence-corrected chi connectivity index (χ4v) is 2.64. The van der Waals surface area contributed by atoms with Crippen molar-refractivity contribution in [1.29, 1.82) is 0 Å². The molecule has 0 spiro atoms. The highest BCUT2D eigenvalue weighted by Crippen LogP contribution is 2.33. The molecule has 1 aliphatic rings. The van der Waals surface area contributed by atoms with Gasteiger partial charge in [-0.1, -0.05) is 6.92 Å². The van der Waals surface area contributed by atoms with Gasteiger partial charge in [-0.05, 0) is 32.1 Å². The average Bonchev–Trinajstić information content (AvgIpc) is 2.47. The first-order valence-corrected chi connectivity index (χ1v) is 7.38. The Balaban J connectivity index is 2.21. The highest BCUT2D eigenvalue weighted by Gasteiger charge is 2.26. The summed E-state index contributed by atoms with van der Waals surface area (Å²) >= 11 is 0. The van der Waals surface area contributed by atoms with E-state index in [1.165, 1.54) is 12.7 Å². The fourth-order valence-electron chi connectivity index (χ4n) is 2.64. The SMILES string of the molecule is CCCOc1ncnc(N2CCCCC2CCO)c1N. The molecule has 20 heavy (non-hydrogen) atoms. The minimum atomic E-state index is 0.186. The number of nitrogens with two attached hydrogens (primary N) is 1. The van der Waals surface area contributed by atoms with Crippen molar-refractivity contribution in [1.82, 2.24) is 9.97 Å². The molecule has 0 bridgehead atoms. The van der Waals surface area contributed by atoms with E-state index in [2.05, 4.69) is 14.9 Å². The second-order valence-electron chi connectivity index (χ2n) is 5.12. The number of piperidine rings is 1. The van der Waals surface area contributed by atoms with E-state index in [1.807, 2.05) is 6.92 Å². The first-order chi connectivity index (χ1) is 9.77. The molecule has 0 aromatic carbocycles. The Morgan fingerprint density at radius 3 is 3.05 bits per heavy atom. The maximum Gasteiger partial charge on any atom is 0.242 e. The average molecular weight is 280 g/mol. The Labute approximate surface area is 120 Å². The molecule has 112 valence electrons. The van der Waals surface area contributed by atoms with Crippen molar-refractivity contribution < 1.29 is 9.84 Å². The monoisotopic (exact) mass is 280 g/mol. The van der Waals surface area contributed by atoms with E-state index >= 15 is 0 Å². The lowest BCUT2D eigenvalue weighted by Gasteiger charge is -2.37. The highest BCUT2D eigenvalue weighted by molar-refractivity contribution is 5.68. The van der Waals surface area contributed by atoms with Crippen molar-refractivity contribution in [2.24, 2.45) is 0 Å². The molecule has 1 fully saturated rings. The Kier molecular flexibility index (Phi) is 5.40. The van der Waals surface area contributed by atoms with Gasteiger partial charge >= 0.3 is 0 Å². The smallest absolute Gasteiger partial charge is 0.242 e. The molecule has 1 unspecified atom stereocenters. The molecule has 0 amide bonds. The highest BCUT2D eigenvalue weighted by atomic mass is 16.5. The third-order valence-electron chi connectivity index (χ3n) is 3.63. The first kappa shape index (κ1) is 14.8. The number of aromatic nitrogens is 2. The zero-order valence-corrected chi connectivity index (χ0v) is 12.1. The molecule has 3 N–H and O–H groups in total. The number of aliphatic hydroxyl groups is 1. The molecule has 0 saturated carbocycles. The van der Waals surface area contributed by atoms with Gasteiger partial charge in [-0.2, -0.15) is 4.98 Å². The van der Waals surface area contributed by atoms with Gasteiger partial charge in [-0.25, -0.2) is 4.98 Å². The first-order valence-electron chi connectivity index (χ1n) is 7.38. The van der Waals surface area contributed by atoms with Gasteiger partial charge in [0.15, 0.2) is 5.82 Å². The van der Waals surface area contributed by atoms with Crippen LogP contribution in [0.2, 0.25) is 0 Å². The minimum absolute atomic E-state index is 0.186. The standard InChI is InChI=1S/C14H24N4O2/c1-2-9-20-14-12(15)13(16-10-17-14)18-7-4-3-5-11(18)6-8-19/h10-11,19H,2-9,15H2,1H3. The topological polar surface area (TPSA) is 84.5 Å². The lowest BCUT2D eigenvalue weighted by atomic mass is 9.99. The molecule has 6 heteroatoms. The molecular formula is C14H24N4O2. The summed E-state index contributed by atoms with van der Waals surface area (Å²) in [5.41, 5.74) is 6.66. The molecule has 0 radical (unpaired) electrons. The summed E-state index contributed by atoms with van der Waals surface area (Å²) in [5, 5.41) is 9.21. The van der Waals surface area contributed by atoms with E-state index in [0.29, 0.717) is 24.2 Å². The predicted molar refractivity (Wildman–Crippen MR) is 78.9 cm³/mol. The molecule has 1 atom stereocenters. The molecular weight excluding hydrogens is 256 g/mol. The van der Waals surface area contributed by atoms with Crippen molar-refractivity contribution >= 4 is 11.5 Å². The normalized spacial score (nSPS) is 19.1. The number of rotatable bonds is 6. The van der Waals surface area contributed by atoms with Crippen molar-refractivity contribution in [3.63, 3.8) is 0 Å². The largest absolute Gasteiger partial charge is 0.476 e.